The van der Waals surface area contributed by atoms with Crippen molar-refractivity contribution in [2.45, 2.75) is 19.8 Å². The Morgan fingerprint density at radius 3 is 1.31 bits per heavy atom. The van der Waals surface area contributed by atoms with Gasteiger partial charge in [-0.3, -0.25) is 0 Å². The van der Waals surface area contributed by atoms with E-state index in [1.54, 1.807) is 0 Å². The zero-order valence-corrected chi connectivity index (χ0v) is 35.8. The maximum atomic E-state index is 2.48. The molecule has 1 aliphatic rings. The molecule has 302 valence electrons. The molecule has 0 amide bonds. The third-order valence-corrected chi connectivity index (χ3v) is 13.3. The SMILES string of the molecule is Cc1ccc(-c2c3c(c(-c4cccc(-c5c6ccccc6c(-c6ccc(N(c7ccccc7)c7cccc8ccccc78)cc6)c6ccccc56)c4)c4ccccc24)=CCCC=3)cc1. The van der Waals surface area contributed by atoms with Crippen LogP contribution in [0.1, 0.15) is 18.4 Å². The van der Waals surface area contributed by atoms with Crippen molar-refractivity contribution in [2.75, 3.05) is 4.90 Å². The fourth-order valence-corrected chi connectivity index (χ4v) is 10.5. The van der Waals surface area contributed by atoms with Crippen LogP contribution in [0.25, 0.3) is 99.7 Å². The van der Waals surface area contributed by atoms with E-state index in [9.17, 15) is 0 Å². The molecule has 1 aliphatic carbocycles. The number of anilines is 3. The van der Waals surface area contributed by atoms with Crippen molar-refractivity contribution in [1.82, 2.24) is 0 Å². The summed E-state index contributed by atoms with van der Waals surface area (Å²) in [6, 6.07) is 80.6. The second kappa shape index (κ2) is 15.7. The summed E-state index contributed by atoms with van der Waals surface area (Å²) in [4.78, 5) is 2.38. The second-order valence-corrected chi connectivity index (χ2v) is 17.1. The Morgan fingerprint density at radius 1 is 0.312 bits per heavy atom. The molecule has 0 bridgehead atoms. The number of aryl methyl sites for hydroxylation is 1. The van der Waals surface area contributed by atoms with Gasteiger partial charge in [-0.2, -0.15) is 0 Å². The van der Waals surface area contributed by atoms with Gasteiger partial charge in [0.1, 0.15) is 0 Å². The van der Waals surface area contributed by atoms with Gasteiger partial charge in [0.05, 0.1) is 5.69 Å². The van der Waals surface area contributed by atoms with Crippen molar-refractivity contribution < 1.29 is 0 Å². The Morgan fingerprint density at radius 2 is 0.719 bits per heavy atom. The standard InChI is InChI=1S/C63H45N/c1-42-33-35-44(36-34-42)60-51-24-7-11-28-55(51)62(56-29-12-8-25-52(56)60)46-19-15-20-47(41-46)63-57-30-13-9-26-53(57)61(54-27-10-14-31-58(54)63)45-37-39-49(40-38-45)64(48-21-3-2-4-22-48)59-32-16-18-43-17-5-6-23-50(43)59/h2-7,9-11,13-41H,8,12H2,1H3. The van der Waals surface area contributed by atoms with Crippen LogP contribution in [0.3, 0.4) is 0 Å². The summed E-state index contributed by atoms with van der Waals surface area (Å²) < 4.78 is 0. The van der Waals surface area contributed by atoms with Gasteiger partial charge >= 0.3 is 0 Å². The summed E-state index contributed by atoms with van der Waals surface area (Å²) in [5, 5.41) is 12.7. The Balaban J connectivity index is 1.03. The van der Waals surface area contributed by atoms with Gasteiger partial charge in [0.25, 0.3) is 0 Å². The molecule has 1 heteroatoms. The summed E-state index contributed by atoms with van der Waals surface area (Å²) in [6.45, 7) is 2.17. The Kier molecular flexibility index (Phi) is 9.27. The number of hydrogen-bond donors (Lipinski definition) is 0. The minimum atomic E-state index is 1.04. The molecule has 12 rings (SSSR count). The summed E-state index contributed by atoms with van der Waals surface area (Å²) >= 11 is 0. The molecule has 0 heterocycles. The predicted octanol–water partition coefficient (Wildman–Crippen LogP) is 16.1. The topological polar surface area (TPSA) is 3.24 Å². The average Bonchev–Trinajstić information content (AvgIpc) is 3.36. The van der Waals surface area contributed by atoms with Crippen molar-refractivity contribution in [3.05, 3.63) is 234 Å². The van der Waals surface area contributed by atoms with Crippen LogP contribution in [0.2, 0.25) is 0 Å². The maximum Gasteiger partial charge on any atom is 0.0540 e. The molecule has 0 aromatic heterocycles. The molecule has 11 aromatic carbocycles. The first-order valence-corrected chi connectivity index (χ1v) is 22.5. The van der Waals surface area contributed by atoms with Crippen LogP contribution in [-0.4, -0.2) is 0 Å². The van der Waals surface area contributed by atoms with E-state index in [2.05, 4.69) is 242 Å². The normalized spacial score (nSPS) is 12.3. The maximum absolute atomic E-state index is 2.48. The molecule has 0 unspecified atom stereocenters. The summed E-state index contributed by atoms with van der Waals surface area (Å²) in [5.41, 5.74) is 14.8. The lowest BCUT2D eigenvalue weighted by Crippen LogP contribution is -2.31. The van der Waals surface area contributed by atoms with Crippen molar-refractivity contribution in [1.29, 1.82) is 0 Å². The molecule has 64 heavy (non-hydrogen) atoms. The number of para-hydroxylation sites is 1. The van der Waals surface area contributed by atoms with Gasteiger partial charge in [0.15, 0.2) is 0 Å². The first kappa shape index (κ1) is 37.7. The van der Waals surface area contributed by atoms with E-state index in [-0.39, 0.29) is 0 Å². The minimum absolute atomic E-state index is 1.04. The number of benzene rings is 11. The lowest BCUT2D eigenvalue weighted by Gasteiger charge is -2.27. The van der Waals surface area contributed by atoms with E-state index < -0.39 is 0 Å². The highest BCUT2D eigenvalue weighted by Crippen LogP contribution is 2.46. The molecule has 0 N–H and O–H groups in total. The number of nitrogens with zero attached hydrogens (tertiary/aromatic N) is 1. The van der Waals surface area contributed by atoms with Crippen LogP contribution in [0.4, 0.5) is 17.1 Å². The Hall–Kier alpha value is -8.00. The van der Waals surface area contributed by atoms with E-state index in [1.165, 1.54) is 104 Å². The number of rotatable bonds is 7. The molecule has 0 saturated heterocycles. The highest BCUT2D eigenvalue weighted by molar-refractivity contribution is 6.21. The lowest BCUT2D eigenvalue weighted by atomic mass is 9.83. The van der Waals surface area contributed by atoms with Gasteiger partial charge in [-0.25, -0.2) is 0 Å². The van der Waals surface area contributed by atoms with Crippen LogP contribution in [-0.2, 0) is 0 Å². The van der Waals surface area contributed by atoms with E-state index in [0.29, 0.717) is 0 Å². The quantitative estimate of drug-likeness (QED) is 0.145. The van der Waals surface area contributed by atoms with E-state index in [4.69, 9.17) is 0 Å². The predicted molar refractivity (Wildman–Crippen MR) is 275 cm³/mol. The third kappa shape index (κ3) is 6.31. The smallest absolute Gasteiger partial charge is 0.0540 e. The molecule has 0 saturated carbocycles. The van der Waals surface area contributed by atoms with Crippen molar-refractivity contribution in [3.63, 3.8) is 0 Å². The molecule has 0 fully saturated rings. The van der Waals surface area contributed by atoms with Crippen molar-refractivity contribution >= 4 is 72.3 Å². The molecule has 0 radical (unpaired) electrons. The van der Waals surface area contributed by atoms with Crippen LogP contribution in [0, 0.1) is 6.92 Å². The minimum Gasteiger partial charge on any atom is -0.310 e. The molecular formula is C63H45N. The lowest BCUT2D eigenvalue weighted by molar-refractivity contribution is 1.12. The zero-order valence-electron chi connectivity index (χ0n) is 35.8. The van der Waals surface area contributed by atoms with Crippen molar-refractivity contribution in [3.8, 4) is 44.5 Å². The van der Waals surface area contributed by atoms with E-state index in [0.717, 1.165) is 29.9 Å². The Bertz CT molecular complexity index is 3650. The summed E-state index contributed by atoms with van der Waals surface area (Å²) in [6.07, 6.45) is 7.04. The molecule has 1 nitrogen and oxygen atoms in total. The van der Waals surface area contributed by atoms with Gasteiger partial charge in [0, 0.05) is 16.8 Å². The molecule has 11 aromatic rings. The van der Waals surface area contributed by atoms with Crippen molar-refractivity contribution in [2.24, 2.45) is 0 Å². The highest BCUT2D eigenvalue weighted by atomic mass is 15.1. The fourth-order valence-electron chi connectivity index (χ4n) is 10.5. The molecule has 0 aliphatic heterocycles. The van der Waals surface area contributed by atoms with Gasteiger partial charge in [-0.15, -0.1) is 0 Å². The van der Waals surface area contributed by atoms with Crippen LogP contribution < -0.4 is 15.3 Å². The first-order chi connectivity index (χ1) is 31.7. The first-order valence-electron chi connectivity index (χ1n) is 22.5. The van der Waals surface area contributed by atoms with Crippen LogP contribution in [0.5, 0.6) is 0 Å². The van der Waals surface area contributed by atoms with Gasteiger partial charge in [0.2, 0.25) is 0 Å². The monoisotopic (exact) mass is 815 g/mol. The van der Waals surface area contributed by atoms with Crippen LogP contribution >= 0.6 is 0 Å². The van der Waals surface area contributed by atoms with Gasteiger partial charge < -0.3 is 4.90 Å². The number of hydrogen-bond acceptors (Lipinski definition) is 1. The average molecular weight is 816 g/mol. The molecule has 0 spiro atoms. The Labute approximate surface area is 374 Å². The highest BCUT2D eigenvalue weighted by Gasteiger charge is 2.21. The fraction of sp³-hybridized carbons (Fsp3) is 0.0476. The summed E-state index contributed by atoms with van der Waals surface area (Å²) in [5.74, 6) is 0. The summed E-state index contributed by atoms with van der Waals surface area (Å²) in [7, 11) is 0. The van der Waals surface area contributed by atoms with Gasteiger partial charge in [-0.1, -0.05) is 200 Å². The largest absolute Gasteiger partial charge is 0.310 e. The second-order valence-electron chi connectivity index (χ2n) is 17.1. The van der Waals surface area contributed by atoms with Crippen LogP contribution in [0.15, 0.2) is 218 Å². The van der Waals surface area contributed by atoms with E-state index >= 15 is 0 Å². The zero-order chi connectivity index (χ0) is 42.6. The molecule has 0 atom stereocenters. The van der Waals surface area contributed by atoms with E-state index in [1.807, 2.05) is 0 Å². The number of fused-ring (bicyclic) bond motifs is 5. The van der Waals surface area contributed by atoms with Gasteiger partial charge in [-0.05, 0) is 149 Å². The molecular weight excluding hydrogens is 771 g/mol. The third-order valence-electron chi connectivity index (χ3n) is 13.3.